The van der Waals surface area contributed by atoms with E-state index in [0.29, 0.717) is 0 Å². The van der Waals surface area contributed by atoms with Crippen molar-refractivity contribution in [3.05, 3.63) is 0 Å². The van der Waals surface area contributed by atoms with Crippen molar-refractivity contribution in [1.29, 1.82) is 0 Å². The average molecular weight is 198 g/mol. The predicted molar refractivity (Wildman–Crippen MR) is 58.7 cm³/mol. The summed E-state index contributed by atoms with van der Waals surface area (Å²) in [6.45, 7) is 4.03. The summed E-state index contributed by atoms with van der Waals surface area (Å²) in [6, 6.07) is 0. The van der Waals surface area contributed by atoms with E-state index in [0.717, 1.165) is 38.1 Å². The highest BCUT2D eigenvalue weighted by molar-refractivity contribution is 5.81. The van der Waals surface area contributed by atoms with Crippen LogP contribution in [0.3, 0.4) is 0 Å². The van der Waals surface area contributed by atoms with E-state index in [1.807, 2.05) is 0 Å². The second-order valence-electron chi connectivity index (χ2n) is 2.85. The molecule has 2 fully saturated rings. The minimum absolute atomic E-state index is 0.917. The first-order chi connectivity index (χ1) is 6.86. The van der Waals surface area contributed by atoms with Crippen molar-refractivity contribution in [3.8, 4) is 0 Å². The van der Waals surface area contributed by atoms with Gasteiger partial charge in [-0.15, -0.1) is 0 Å². The Hall–Kier alpha value is -1.46. The average Bonchev–Trinajstić information content (AvgIpc) is 2.92. The standard InChI is InChI=1S/2C4H9N3/c2*1-5-4-6-2-3-7-4/h2*2-3H2,1H3,(H2,5,6,7). The van der Waals surface area contributed by atoms with Gasteiger partial charge in [0, 0.05) is 40.3 Å². The topological polar surface area (TPSA) is 72.8 Å². The van der Waals surface area contributed by atoms with Crippen LogP contribution in [0.5, 0.6) is 0 Å². The van der Waals surface area contributed by atoms with Gasteiger partial charge in [0.1, 0.15) is 0 Å². The van der Waals surface area contributed by atoms with E-state index in [1.165, 1.54) is 0 Å². The lowest BCUT2D eigenvalue weighted by molar-refractivity contribution is 0.942. The first kappa shape index (κ1) is 10.6. The molecule has 2 aliphatic heterocycles. The molecule has 6 heteroatoms. The molecule has 0 amide bonds. The van der Waals surface area contributed by atoms with Crippen molar-refractivity contribution in [2.75, 3.05) is 40.3 Å². The lowest BCUT2D eigenvalue weighted by atomic mass is 10.7. The van der Waals surface area contributed by atoms with E-state index in [-0.39, 0.29) is 0 Å². The summed E-state index contributed by atoms with van der Waals surface area (Å²) in [5.41, 5.74) is 0. The Morgan fingerprint density at radius 1 is 0.714 bits per heavy atom. The summed E-state index contributed by atoms with van der Waals surface area (Å²) < 4.78 is 0. The van der Waals surface area contributed by atoms with Gasteiger partial charge in [0.05, 0.1) is 0 Å². The third-order valence-corrected chi connectivity index (χ3v) is 1.87. The van der Waals surface area contributed by atoms with Gasteiger partial charge in [-0.2, -0.15) is 0 Å². The van der Waals surface area contributed by atoms with Gasteiger partial charge in [0.2, 0.25) is 0 Å². The lowest BCUT2D eigenvalue weighted by Crippen LogP contribution is -2.23. The van der Waals surface area contributed by atoms with E-state index in [2.05, 4.69) is 31.3 Å². The fourth-order valence-corrected chi connectivity index (χ4v) is 1.16. The Morgan fingerprint density at radius 3 is 1.14 bits per heavy atom. The molecule has 0 unspecified atom stereocenters. The van der Waals surface area contributed by atoms with Crippen LogP contribution in [0.25, 0.3) is 0 Å². The van der Waals surface area contributed by atoms with Crippen LogP contribution in [0.2, 0.25) is 0 Å². The van der Waals surface area contributed by atoms with Crippen LogP contribution in [0.4, 0.5) is 0 Å². The smallest absolute Gasteiger partial charge is 0.191 e. The molecule has 2 heterocycles. The monoisotopic (exact) mass is 198 g/mol. The number of hydrogen-bond donors (Lipinski definition) is 4. The third kappa shape index (κ3) is 3.51. The number of guanidine groups is 2. The zero-order chi connectivity index (χ0) is 10.2. The van der Waals surface area contributed by atoms with Crippen LogP contribution in [-0.2, 0) is 0 Å². The molecule has 4 N–H and O–H groups in total. The van der Waals surface area contributed by atoms with Gasteiger partial charge in [0.25, 0.3) is 0 Å². The van der Waals surface area contributed by atoms with Gasteiger partial charge in [-0.3, -0.25) is 9.98 Å². The van der Waals surface area contributed by atoms with Gasteiger partial charge in [-0.1, -0.05) is 0 Å². The van der Waals surface area contributed by atoms with E-state index in [4.69, 9.17) is 0 Å². The molecule has 0 atom stereocenters. The molecule has 0 radical (unpaired) electrons. The molecule has 0 aliphatic carbocycles. The van der Waals surface area contributed by atoms with Crippen LogP contribution in [0.15, 0.2) is 9.98 Å². The molecule has 80 valence electrons. The molecule has 2 aliphatic rings. The summed E-state index contributed by atoms with van der Waals surface area (Å²) in [5, 5.41) is 12.2. The Labute approximate surface area is 84.3 Å². The highest BCUT2D eigenvalue weighted by Crippen LogP contribution is 1.72. The van der Waals surface area contributed by atoms with Gasteiger partial charge >= 0.3 is 0 Å². The fourth-order valence-electron chi connectivity index (χ4n) is 1.16. The summed E-state index contributed by atoms with van der Waals surface area (Å²) in [4.78, 5) is 7.76. The van der Waals surface area contributed by atoms with Gasteiger partial charge in [0.15, 0.2) is 11.9 Å². The normalized spacial score (nSPS) is 18.1. The maximum absolute atomic E-state index is 3.88. The van der Waals surface area contributed by atoms with Crippen LogP contribution in [0, 0.1) is 0 Å². The molecule has 2 saturated heterocycles. The number of rotatable bonds is 0. The fraction of sp³-hybridized carbons (Fsp3) is 0.750. The highest BCUT2D eigenvalue weighted by Gasteiger charge is 2.01. The maximum atomic E-state index is 3.88. The molecule has 0 saturated carbocycles. The summed E-state index contributed by atoms with van der Waals surface area (Å²) in [5.74, 6) is 1.83. The van der Waals surface area contributed by atoms with Gasteiger partial charge in [-0.05, 0) is 0 Å². The number of aliphatic imine (C=N–C) groups is 2. The second-order valence-corrected chi connectivity index (χ2v) is 2.85. The minimum Gasteiger partial charge on any atom is -0.355 e. The van der Waals surface area contributed by atoms with Crippen LogP contribution >= 0.6 is 0 Å². The molecule has 14 heavy (non-hydrogen) atoms. The SMILES string of the molecule is CN=C1NCCN1.CN=C1NCCN1. The van der Waals surface area contributed by atoms with Crippen molar-refractivity contribution in [3.63, 3.8) is 0 Å². The third-order valence-electron chi connectivity index (χ3n) is 1.87. The quantitative estimate of drug-likeness (QED) is 0.375. The molecular weight excluding hydrogens is 180 g/mol. The molecule has 0 spiro atoms. The van der Waals surface area contributed by atoms with Crippen molar-refractivity contribution < 1.29 is 0 Å². The maximum Gasteiger partial charge on any atom is 0.191 e. The minimum atomic E-state index is 0.917. The summed E-state index contributed by atoms with van der Waals surface area (Å²) in [6.07, 6.45) is 0. The second kappa shape index (κ2) is 6.06. The van der Waals surface area contributed by atoms with E-state index in [9.17, 15) is 0 Å². The molecule has 0 bridgehead atoms. The molecule has 0 aromatic carbocycles. The van der Waals surface area contributed by atoms with Crippen LogP contribution < -0.4 is 21.3 Å². The number of hydrogen-bond acceptors (Lipinski definition) is 2. The Morgan fingerprint density at radius 2 is 1.00 bits per heavy atom. The first-order valence-electron chi connectivity index (χ1n) is 4.76. The molecule has 6 nitrogen and oxygen atoms in total. The van der Waals surface area contributed by atoms with Crippen molar-refractivity contribution in [2.24, 2.45) is 9.98 Å². The largest absolute Gasteiger partial charge is 0.355 e. The number of nitrogens with one attached hydrogen (secondary N) is 4. The number of nitrogens with zero attached hydrogens (tertiary/aromatic N) is 2. The molecule has 2 rings (SSSR count). The first-order valence-corrected chi connectivity index (χ1v) is 4.76. The Kier molecular flexibility index (Phi) is 4.60. The molecular formula is C8H18N6. The van der Waals surface area contributed by atoms with E-state index < -0.39 is 0 Å². The van der Waals surface area contributed by atoms with Crippen molar-refractivity contribution >= 4 is 11.9 Å². The van der Waals surface area contributed by atoms with Crippen molar-refractivity contribution in [2.45, 2.75) is 0 Å². The van der Waals surface area contributed by atoms with Crippen molar-refractivity contribution in [1.82, 2.24) is 21.3 Å². The zero-order valence-electron chi connectivity index (χ0n) is 8.72. The summed E-state index contributed by atoms with van der Waals surface area (Å²) >= 11 is 0. The van der Waals surface area contributed by atoms with Crippen LogP contribution in [-0.4, -0.2) is 52.2 Å². The van der Waals surface area contributed by atoms with E-state index in [1.54, 1.807) is 14.1 Å². The molecule has 0 aromatic heterocycles. The Bertz CT molecular complexity index is 182. The van der Waals surface area contributed by atoms with E-state index >= 15 is 0 Å². The Balaban J connectivity index is 0.000000140. The predicted octanol–water partition coefficient (Wildman–Crippen LogP) is -1.67. The van der Waals surface area contributed by atoms with Gasteiger partial charge < -0.3 is 21.3 Å². The van der Waals surface area contributed by atoms with Crippen LogP contribution in [0.1, 0.15) is 0 Å². The van der Waals surface area contributed by atoms with Gasteiger partial charge in [-0.25, -0.2) is 0 Å². The highest BCUT2D eigenvalue weighted by atomic mass is 15.2. The molecule has 0 aromatic rings. The summed E-state index contributed by atoms with van der Waals surface area (Å²) in [7, 11) is 3.53. The zero-order valence-corrected chi connectivity index (χ0v) is 8.72. The lowest BCUT2D eigenvalue weighted by Gasteiger charge is -1.90.